The van der Waals surface area contributed by atoms with E-state index < -0.39 is 23.1 Å². The highest BCUT2D eigenvalue weighted by Crippen LogP contribution is 2.37. The Bertz CT molecular complexity index is 1960. The summed E-state index contributed by atoms with van der Waals surface area (Å²) in [4.78, 5) is 31.4. The zero-order valence-electron chi connectivity index (χ0n) is 24.0. The number of hydrogen-bond donors (Lipinski definition) is 1. The molecule has 11 heteroatoms. The molecule has 1 saturated heterocycles. The maximum Gasteiger partial charge on any atom is 0.268 e. The highest BCUT2D eigenvalue weighted by atomic mass is 19.1. The number of hydrogen-bond acceptors (Lipinski definition) is 7. The Morgan fingerprint density at radius 3 is 2.41 bits per heavy atom. The molecule has 5 aromatic rings. The van der Waals surface area contributed by atoms with Crippen LogP contribution in [0.25, 0.3) is 16.6 Å². The molecule has 3 heterocycles. The average molecular weight is 600 g/mol. The first-order chi connectivity index (χ1) is 21.2. The van der Waals surface area contributed by atoms with Gasteiger partial charge in [-0.2, -0.15) is 0 Å². The van der Waals surface area contributed by atoms with Gasteiger partial charge in [-0.1, -0.05) is 0 Å². The quantitative estimate of drug-likeness (QED) is 0.208. The molecule has 1 N–H and O–H groups in total. The molecule has 0 spiro atoms. The third-order valence-electron chi connectivity index (χ3n) is 7.37. The lowest BCUT2D eigenvalue weighted by molar-refractivity contribution is 0.102. The summed E-state index contributed by atoms with van der Waals surface area (Å²) in [5.41, 5.74) is 1.59. The fraction of sp³-hybridized carbons (Fsp3) is 0.182. The monoisotopic (exact) mass is 599 g/mol. The van der Waals surface area contributed by atoms with Crippen molar-refractivity contribution >= 4 is 22.5 Å². The Hall–Kier alpha value is -5.29. The molecule has 1 aliphatic heterocycles. The van der Waals surface area contributed by atoms with E-state index in [-0.39, 0.29) is 23.1 Å². The van der Waals surface area contributed by atoms with Gasteiger partial charge in [0.2, 0.25) is 0 Å². The second kappa shape index (κ2) is 11.8. The van der Waals surface area contributed by atoms with Crippen LogP contribution in [0.5, 0.6) is 23.0 Å². The average Bonchev–Trinajstić information content (AvgIpc) is 3.84. The topological polar surface area (TPSA) is 104 Å². The first-order valence-electron chi connectivity index (χ1n) is 13.7. The number of carbonyl (C=O) groups excluding carboxylic acids is 1. The molecule has 1 atom stereocenters. The van der Waals surface area contributed by atoms with Crippen molar-refractivity contribution in [2.45, 2.75) is 19.4 Å². The van der Waals surface area contributed by atoms with Gasteiger partial charge in [-0.3, -0.25) is 19.1 Å². The predicted octanol–water partition coefficient (Wildman–Crippen LogP) is 5.98. The molecule has 1 fully saturated rings. The van der Waals surface area contributed by atoms with E-state index in [4.69, 9.17) is 18.9 Å². The van der Waals surface area contributed by atoms with E-state index in [2.05, 4.69) is 10.3 Å². The zero-order chi connectivity index (χ0) is 31.0. The number of rotatable bonds is 9. The Kier molecular flexibility index (Phi) is 7.71. The van der Waals surface area contributed by atoms with Crippen molar-refractivity contribution in [3.8, 4) is 28.7 Å². The number of amides is 1. The summed E-state index contributed by atoms with van der Waals surface area (Å²) in [5, 5.41) is 3.21. The second-order valence-corrected chi connectivity index (χ2v) is 10.2. The molecule has 224 valence electrons. The summed E-state index contributed by atoms with van der Waals surface area (Å²) in [6.07, 6.45) is 3.66. The van der Waals surface area contributed by atoms with Crippen LogP contribution in [-0.2, 0) is 11.2 Å². The van der Waals surface area contributed by atoms with Crippen molar-refractivity contribution in [3.05, 3.63) is 112 Å². The molecule has 2 aromatic heterocycles. The Labute approximate surface area is 250 Å². The van der Waals surface area contributed by atoms with Crippen molar-refractivity contribution in [1.29, 1.82) is 0 Å². The molecule has 0 bridgehead atoms. The number of anilines is 1. The second-order valence-electron chi connectivity index (χ2n) is 10.2. The van der Waals surface area contributed by atoms with E-state index in [1.807, 2.05) is 0 Å². The number of halogens is 2. The van der Waals surface area contributed by atoms with E-state index in [0.29, 0.717) is 52.4 Å². The molecule has 0 saturated carbocycles. The zero-order valence-corrected chi connectivity index (χ0v) is 24.0. The molecule has 3 aromatic carbocycles. The van der Waals surface area contributed by atoms with E-state index in [1.54, 1.807) is 31.3 Å². The number of carbonyl (C=O) groups is 1. The van der Waals surface area contributed by atoms with Crippen molar-refractivity contribution in [2.24, 2.45) is 0 Å². The van der Waals surface area contributed by atoms with Gasteiger partial charge in [-0.15, -0.1) is 0 Å². The van der Waals surface area contributed by atoms with Gasteiger partial charge in [0.1, 0.15) is 17.1 Å². The smallest absolute Gasteiger partial charge is 0.268 e. The summed E-state index contributed by atoms with van der Waals surface area (Å²) < 4.78 is 52.1. The number of benzene rings is 3. The maximum absolute atomic E-state index is 15.3. The van der Waals surface area contributed by atoms with Crippen LogP contribution in [0.1, 0.15) is 21.5 Å². The third-order valence-corrected chi connectivity index (χ3v) is 7.37. The van der Waals surface area contributed by atoms with Crippen molar-refractivity contribution in [1.82, 2.24) is 9.55 Å². The Balaban J connectivity index is 1.29. The largest absolute Gasteiger partial charge is 0.493 e. The normalized spacial score (nSPS) is 13.9. The third kappa shape index (κ3) is 5.69. The van der Waals surface area contributed by atoms with Gasteiger partial charge < -0.3 is 24.3 Å². The summed E-state index contributed by atoms with van der Waals surface area (Å²) in [5.74, 6) is -0.720. The Morgan fingerprint density at radius 1 is 1.00 bits per heavy atom. The van der Waals surface area contributed by atoms with Gasteiger partial charge >= 0.3 is 0 Å². The highest BCUT2D eigenvalue weighted by molar-refractivity contribution is 6.05. The SMILES string of the molecule is COc1cc2nccc(Oc3ccc(NC(=O)c4c(C)c(CC5CO5)cn(-c5ccc(F)cc5)c4=O)cc3F)c2cc1OC. The van der Waals surface area contributed by atoms with E-state index >= 15 is 4.39 Å². The number of aromatic nitrogens is 2. The van der Waals surface area contributed by atoms with Crippen LogP contribution in [-0.4, -0.2) is 42.4 Å². The number of epoxide rings is 1. The number of nitrogens with zero attached hydrogens (tertiary/aromatic N) is 2. The lowest BCUT2D eigenvalue weighted by atomic mass is 10.0. The first kappa shape index (κ1) is 28.8. The molecule has 0 radical (unpaired) electrons. The summed E-state index contributed by atoms with van der Waals surface area (Å²) in [6, 6.07) is 14.3. The van der Waals surface area contributed by atoms with Crippen LogP contribution in [0.4, 0.5) is 14.5 Å². The molecular formula is C33H27F2N3O6. The van der Waals surface area contributed by atoms with Crippen LogP contribution < -0.4 is 25.1 Å². The van der Waals surface area contributed by atoms with Gasteiger partial charge in [-0.05, 0) is 66.6 Å². The fourth-order valence-electron chi connectivity index (χ4n) is 4.96. The molecule has 0 aliphatic carbocycles. The maximum atomic E-state index is 15.3. The number of ether oxygens (including phenoxy) is 4. The number of methoxy groups -OCH3 is 2. The van der Waals surface area contributed by atoms with Crippen LogP contribution in [0.15, 0.2) is 77.9 Å². The minimum Gasteiger partial charge on any atom is -0.493 e. The van der Waals surface area contributed by atoms with Gasteiger partial charge in [0.05, 0.1) is 32.4 Å². The van der Waals surface area contributed by atoms with Crippen LogP contribution in [0.2, 0.25) is 0 Å². The lowest BCUT2D eigenvalue weighted by Crippen LogP contribution is -2.31. The number of fused-ring (bicyclic) bond motifs is 1. The van der Waals surface area contributed by atoms with Gasteiger partial charge in [0, 0.05) is 47.7 Å². The standard InChI is InChI=1S/C33H27F2N3O6/c1-18-19(12-23-17-43-23)16-38(22-7-4-20(34)5-8-22)33(40)31(18)32(39)37-21-6-9-28(25(35)13-21)44-27-10-11-36-26-15-30(42-3)29(41-2)14-24(26)27/h4-11,13-16,23H,12,17H2,1-3H3,(H,37,39). The fourth-order valence-corrected chi connectivity index (χ4v) is 4.96. The molecule has 1 aliphatic rings. The highest BCUT2D eigenvalue weighted by Gasteiger charge is 2.27. The molecule has 6 rings (SSSR count). The van der Waals surface area contributed by atoms with Gasteiger partial charge in [0.25, 0.3) is 11.5 Å². The van der Waals surface area contributed by atoms with Crippen molar-refractivity contribution < 1.29 is 32.5 Å². The number of nitrogens with one attached hydrogen (secondary N) is 1. The summed E-state index contributed by atoms with van der Waals surface area (Å²) in [7, 11) is 3.02. The predicted molar refractivity (Wildman–Crippen MR) is 159 cm³/mol. The minimum atomic E-state index is -0.742. The van der Waals surface area contributed by atoms with Gasteiger partial charge in [0.15, 0.2) is 23.1 Å². The Morgan fingerprint density at radius 2 is 1.73 bits per heavy atom. The first-order valence-corrected chi connectivity index (χ1v) is 13.7. The summed E-state index contributed by atoms with van der Waals surface area (Å²) in [6.45, 7) is 2.27. The van der Waals surface area contributed by atoms with E-state index in [9.17, 15) is 14.0 Å². The van der Waals surface area contributed by atoms with Crippen molar-refractivity contribution in [3.63, 3.8) is 0 Å². The van der Waals surface area contributed by atoms with Crippen LogP contribution >= 0.6 is 0 Å². The van der Waals surface area contributed by atoms with E-state index in [0.717, 1.165) is 11.6 Å². The van der Waals surface area contributed by atoms with Gasteiger partial charge in [-0.25, -0.2) is 8.78 Å². The minimum absolute atomic E-state index is 0.00828. The molecule has 1 unspecified atom stereocenters. The molecule has 44 heavy (non-hydrogen) atoms. The molecule has 1 amide bonds. The van der Waals surface area contributed by atoms with Crippen molar-refractivity contribution in [2.75, 3.05) is 26.1 Å². The summed E-state index contributed by atoms with van der Waals surface area (Å²) >= 11 is 0. The number of pyridine rings is 2. The van der Waals surface area contributed by atoms with Crippen LogP contribution in [0, 0.1) is 18.6 Å². The molecule has 9 nitrogen and oxygen atoms in total. The molecular weight excluding hydrogens is 572 g/mol. The van der Waals surface area contributed by atoms with E-state index in [1.165, 1.54) is 61.4 Å². The lowest BCUT2D eigenvalue weighted by Gasteiger charge is -2.16. The van der Waals surface area contributed by atoms with Crippen LogP contribution in [0.3, 0.4) is 0 Å².